The zero-order chi connectivity index (χ0) is 14.6. The Bertz CT molecular complexity index is 242. The summed E-state index contributed by atoms with van der Waals surface area (Å²) in [6, 6.07) is -0.820. The van der Waals surface area contributed by atoms with Crippen LogP contribution in [0.3, 0.4) is 0 Å². The molecule has 0 bridgehead atoms. The molecule has 0 radical (unpaired) electrons. The van der Waals surface area contributed by atoms with Crippen LogP contribution in [0.2, 0.25) is 0 Å². The molecule has 0 aromatic carbocycles. The van der Waals surface area contributed by atoms with Crippen LogP contribution in [0.1, 0.15) is 12.8 Å². The lowest BCUT2D eigenvalue weighted by Crippen LogP contribution is -2.30. The lowest BCUT2D eigenvalue weighted by Gasteiger charge is -2.03. The summed E-state index contributed by atoms with van der Waals surface area (Å²) in [5.74, 6) is -0.987. The summed E-state index contributed by atoms with van der Waals surface area (Å²) >= 11 is 0. The predicted octanol–water partition coefficient (Wildman–Crippen LogP) is -2.01. The maximum atomic E-state index is 10.2. The standard InChI is InChI=1S/C6H14N4O2.C4H11NO/c7-4(5(11)12)2-1-3-10-6(8)9;1-5(2)3-4-6/h4H,1-3,7H2,(H,11,12)(H4,8,9,10);6H,3-4H2,1-2H3. The highest BCUT2D eigenvalue weighted by molar-refractivity contribution is 5.75. The van der Waals surface area contributed by atoms with Gasteiger partial charge in [0, 0.05) is 13.1 Å². The van der Waals surface area contributed by atoms with Gasteiger partial charge in [0.15, 0.2) is 5.96 Å². The molecule has 0 spiro atoms. The molecule has 108 valence electrons. The van der Waals surface area contributed by atoms with E-state index >= 15 is 0 Å². The van der Waals surface area contributed by atoms with E-state index in [2.05, 4.69) is 4.99 Å². The third-order valence-corrected chi connectivity index (χ3v) is 1.83. The summed E-state index contributed by atoms with van der Waals surface area (Å²) in [7, 11) is 3.85. The molecule has 0 rings (SSSR count). The molecule has 1 unspecified atom stereocenters. The molecule has 8 N–H and O–H groups in total. The Morgan fingerprint density at radius 1 is 1.39 bits per heavy atom. The Hall–Kier alpha value is -1.38. The number of carbonyl (C=O) groups is 1. The largest absolute Gasteiger partial charge is 0.480 e. The van der Waals surface area contributed by atoms with E-state index in [0.29, 0.717) is 19.4 Å². The topological polar surface area (TPSA) is 151 Å². The van der Waals surface area contributed by atoms with Crippen LogP contribution in [0, 0.1) is 0 Å². The minimum atomic E-state index is -1.00. The molecule has 0 aromatic rings. The van der Waals surface area contributed by atoms with E-state index in [1.165, 1.54) is 0 Å². The van der Waals surface area contributed by atoms with Gasteiger partial charge in [0.2, 0.25) is 0 Å². The summed E-state index contributed by atoms with van der Waals surface area (Å²) in [6.45, 7) is 1.44. The molecule has 0 fully saturated rings. The second kappa shape index (κ2) is 12.1. The van der Waals surface area contributed by atoms with Crippen LogP contribution in [0.4, 0.5) is 0 Å². The van der Waals surface area contributed by atoms with Crippen LogP contribution in [-0.4, -0.2) is 66.9 Å². The Morgan fingerprint density at radius 3 is 2.22 bits per heavy atom. The zero-order valence-electron chi connectivity index (χ0n) is 11.0. The minimum Gasteiger partial charge on any atom is -0.480 e. The van der Waals surface area contributed by atoms with Crippen molar-refractivity contribution in [3.63, 3.8) is 0 Å². The Kier molecular flexibility index (Phi) is 12.7. The molecule has 0 saturated heterocycles. The number of hydrogen-bond acceptors (Lipinski definition) is 5. The van der Waals surface area contributed by atoms with Gasteiger partial charge in [0.1, 0.15) is 6.04 Å². The molecular weight excluding hydrogens is 238 g/mol. The van der Waals surface area contributed by atoms with Gasteiger partial charge in [0.25, 0.3) is 0 Å². The van der Waals surface area contributed by atoms with Crippen molar-refractivity contribution in [2.75, 3.05) is 33.8 Å². The van der Waals surface area contributed by atoms with Crippen molar-refractivity contribution in [3.8, 4) is 0 Å². The van der Waals surface area contributed by atoms with Gasteiger partial charge >= 0.3 is 5.97 Å². The Morgan fingerprint density at radius 2 is 1.94 bits per heavy atom. The Labute approximate surface area is 107 Å². The predicted molar refractivity (Wildman–Crippen MR) is 71.2 cm³/mol. The summed E-state index contributed by atoms with van der Waals surface area (Å²) in [6.07, 6.45) is 0.956. The van der Waals surface area contributed by atoms with Crippen LogP contribution < -0.4 is 17.2 Å². The van der Waals surface area contributed by atoms with E-state index < -0.39 is 12.0 Å². The van der Waals surface area contributed by atoms with Gasteiger partial charge < -0.3 is 32.3 Å². The highest BCUT2D eigenvalue weighted by atomic mass is 16.4. The molecule has 0 saturated carbocycles. The number of aliphatic carboxylic acids is 1. The molecule has 8 nitrogen and oxygen atoms in total. The molecule has 0 aromatic heterocycles. The van der Waals surface area contributed by atoms with E-state index in [0.717, 1.165) is 6.54 Å². The van der Waals surface area contributed by atoms with Gasteiger partial charge in [-0.15, -0.1) is 0 Å². The molecule has 18 heavy (non-hydrogen) atoms. The first kappa shape index (κ1) is 19.0. The third kappa shape index (κ3) is 17.0. The number of guanidine groups is 1. The normalized spacial score (nSPS) is 11.4. The quantitative estimate of drug-likeness (QED) is 0.202. The van der Waals surface area contributed by atoms with E-state index in [9.17, 15) is 4.79 Å². The van der Waals surface area contributed by atoms with Crippen molar-refractivity contribution in [3.05, 3.63) is 0 Å². The fourth-order valence-corrected chi connectivity index (χ4v) is 0.843. The number of carboxylic acid groups (broad SMARTS) is 1. The van der Waals surface area contributed by atoms with Crippen LogP contribution in [0.15, 0.2) is 4.99 Å². The van der Waals surface area contributed by atoms with Gasteiger partial charge in [-0.25, -0.2) is 0 Å². The summed E-state index contributed by atoms with van der Waals surface area (Å²) in [5.41, 5.74) is 15.3. The second-order valence-electron chi connectivity index (χ2n) is 3.92. The number of likely N-dealkylation sites (N-methyl/N-ethyl adjacent to an activating group) is 1. The minimum absolute atomic E-state index is 0.0129. The van der Waals surface area contributed by atoms with Crippen LogP contribution in [-0.2, 0) is 4.79 Å². The molecule has 0 aliphatic rings. The highest BCUT2D eigenvalue weighted by Gasteiger charge is 2.09. The lowest BCUT2D eigenvalue weighted by atomic mass is 10.2. The first-order valence-corrected chi connectivity index (χ1v) is 5.60. The molecule has 0 heterocycles. The average molecular weight is 263 g/mol. The van der Waals surface area contributed by atoms with Crippen molar-refractivity contribution >= 4 is 11.9 Å². The zero-order valence-corrected chi connectivity index (χ0v) is 11.0. The second-order valence-corrected chi connectivity index (χ2v) is 3.92. The van der Waals surface area contributed by atoms with E-state index in [1.807, 2.05) is 19.0 Å². The van der Waals surface area contributed by atoms with Crippen molar-refractivity contribution in [2.45, 2.75) is 18.9 Å². The van der Waals surface area contributed by atoms with E-state index in [-0.39, 0.29) is 12.6 Å². The summed E-state index contributed by atoms with van der Waals surface area (Å²) in [5, 5.41) is 16.6. The highest BCUT2D eigenvalue weighted by Crippen LogP contribution is 1.94. The number of rotatable bonds is 7. The lowest BCUT2D eigenvalue weighted by molar-refractivity contribution is -0.138. The van der Waals surface area contributed by atoms with Crippen LogP contribution in [0.25, 0.3) is 0 Å². The van der Waals surface area contributed by atoms with E-state index in [1.54, 1.807) is 0 Å². The van der Waals surface area contributed by atoms with Gasteiger partial charge in [0.05, 0.1) is 6.61 Å². The molecule has 0 aliphatic heterocycles. The van der Waals surface area contributed by atoms with Gasteiger partial charge in [-0.2, -0.15) is 0 Å². The van der Waals surface area contributed by atoms with Crippen LogP contribution >= 0.6 is 0 Å². The van der Waals surface area contributed by atoms with Gasteiger partial charge in [-0.1, -0.05) is 0 Å². The maximum absolute atomic E-state index is 10.2. The molecule has 1 atom stereocenters. The number of hydrogen-bond donors (Lipinski definition) is 5. The fourth-order valence-electron chi connectivity index (χ4n) is 0.843. The monoisotopic (exact) mass is 263 g/mol. The van der Waals surface area contributed by atoms with Crippen molar-refractivity contribution in [1.82, 2.24) is 4.90 Å². The molecule has 0 amide bonds. The molecule has 8 heteroatoms. The number of aliphatic imine (C=N–C) groups is 1. The van der Waals surface area contributed by atoms with E-state index in [4.69, 9.17) is 27.4 Å². The number of nitrogens with zero attached hydrogens (tertiary/aromatic N) is 2. The van der Waals surface area contributed by atoms with Crippen molar-refractivity contribution < 1.29 is 15.0 Å². The van der Waals surface area contributed by atoms with Crippen molar-refractivity contribution in [1.29, 1.82) is 0 Å². The maximum Gasteiger partial charge on any atom is 0.320 e. The van der Waals surface area contributed by atoms with Crippen LogP contribution in [0.5, 0.6) is 0 Å². The first-order chi connectivity index (χ1) is 8.31. The summed E-state index contributed by atoms with van der Waals surface area (Å²) in [4.78, 5) is 15.8. The molecular formula is C10H25N5O3. The van der Waals surface area contributed by atoms with Gasteiger partial charge in [-0.3, -0.25) is 9.79 Å². The van der Waals surface area contributed by atoms with Crippen molar-refractivity contribution in [2.24, 2.45) is 22.2 Å². The average Bonchev–Trinajstić information content (AvgIpc) is 2.24. The number of aliphatic hydroxyl groups is 1. The smallest absolute Gasteiger partial charge is 0.320 e. The number of aliphatic hydroxyl groups excluding tert-OH is 1. The molecule has 0 aliphatic carbocycles. The SMILES string of the molecule is CN(C)CCO.NC(N)=NCCCC(N)C(=O)O. The first-order valence-electron chi connectivity index (χ1n) is 5.60. The van der Waals surface area contributed by atoms with Gasteiger partial charge in [-0.05, 0) is 26.9 Å². The fraction of sp³-hybridized carbons (Fsp3) is 0.800. The summed E-state index contributed by atoms with van der Waals surface area (Å²) < 4.78 is 0. The third-order valence-electron chi connectivity index (χ3n) is 1.83. The number of carboxylic acids is 1. The Balaban J connectivity index is 0. The number of nitrogens with two attached hydrogens (primary N) is 3.